The monoisotopic (exact) mass is 339 g/mol. The number of nitro groups is 1. The Kier molecular flexibility index (Phi) is 4.44. The number of nitro benzene ring substituents is 1. The molecule has 1 aliphatic rings. The van der Waals surface area contributed by atoms with Crippen molar-refractivity contribution in [1.82, 2.24) is 5.32 Å². The zero-order chi connectivity index (χ0) is 18.0. The topological polar surface area (TPSA) is 75.5 Å². The predicted octanol–water partition coefficient (Wildman–Crippen LogP) is 3.12. The molecule has 0 bridgehead atoms. The summed E-state index contributed by atoms with van der Waals surface area (Å²) in [6.45, 7) is 0.541. The third-order valence-electron chi connectivity index (χ3n) is 4.74. The highest BCUT2D eigenvalue weighted by molar-refractivity contribution is 5.95. The molecular formula is C19H21N3O3. The first-order valence-electron chi connectivity index (χ1n) is 8.22. The van der Waals surface area contributed by atoms with Gasteiger partial charge in [-0.15, -0.1) is 0 Å². The van der Waals surface area contributed by atoms with Gasteiger partial charge >= 0.3 is 0 Å². The SMILES string of the molecule is CN(C)c1ccc(C(=O)NCC2(c3ccccc3)CC2)cc1[N+](=O)[O-]. The van der Waals surface area contributed by atoms with E-state index < -0.39 is 4.92 Å². The lowest BCUT2D eigenvalue weighted by Crippen LogP contribution is -2.32. The van der Waals surface area contributed by atoms with Crippen LogP contribution in [0, 0.1) is 10.1 Å². The van der Waals surface area contributed by atoms with Crippen molar-refractivity contribution in [1.29, 1.82) is 0 Å². The average Bonchev–Trinajstić information content (AvgIpc) is 3.41. The molecule has 0 unspecified atom stereocenters. The van der Waals surface area contributed by atoms with Crippen molar-refractivity contribution in [3.8, 4) is 0 Å². The first-order chi connectivity index (χ1) is 11.9. The summed E-state index contributed by atoms with van der Waals surface area (Å²) in [6.07, 6.45) is 2.08. The van der Waals surface area contributed by atoms with Crippen LogP contribution in [0.15, 0.2) is 48.5 Å². The molecule has 1 fully saturated rings. The molecule has 0 radical (unpaired) electrons. The van der Waals surface area contributed by atoms with Gasteiger partial charge in [-0.1, -0.05) is 30.3 Å². The number of benzene rings is 2. The Morgan fingerprint density at radius 2 is 1.88 bits per heavy atom. The highest BCUT2D eigenvalue weighted by atomic mass is 16.6. The maximum absolute atomic E-state index is 12.5. The van der Waals surface area contributed by atoms with Crippen LogP contribution in [0.3, 0.4) is 0 Å². The largest absolute Gasteiger partial charge is 0.372 e. The Morgan fingerprint density at radius 1 is 1.20 bits per heavy atom. The number of hydrogen-bond acceptors (Lipinski definition) is 4. The Balaban J connectivity index is 1.74. The molecule has 0 atom stereocenters. The minimum atomic E-state index is -0.460. The van der Waals surface area contributed by atoms with E-state index in [0.29, 0.717) is 17.8 Å². The van der Waals surface area contributed by atoms with Gasteiger partial charge < -0.3 is 10.2 Å². The summed E-state index contributed by atoms with van der Waals surface area (Å²) in [6, 6.07) is 14.7. The van der Waals surface area contributed by atoms with Crippen molar-refractivity contribution in [3.05, 3.63) is 69.8 Å². The Bertz CT molecular complexity index is 799. The quantitative estimate of drug-likeness (QED) is 0.648. The molecule has 2 aromatic rings. The number of nitrogens with zero attached hydrogens (tertiary/aromatic N) is 2. The molecule has 25 heavy (non-hydrogen) atoms. The van der Waals surface area contributed by atoms with Gasteiger partial charge in [-0.3, -0.25) is 14.9 Å². The van der Waals surface area contributed by atoms with Crippen LogP contribution in [0.5, 0.6) is 0 Å². The molecule has 6 nitrogen and oxygen atoms in total. The third-order valence-corrected chi connectivity index (χ3v) is 4.74. The van der Waals surface area contributed by atoms with Crippen molar-refractivity contribution in [3.63, 3.8) is 0 Å². The van der Waals surface area contributed by atoms with Gasteiger partial charge in [0.2, 0.25) is 0 Å². The fourth-order valence-corrected chi connectivity index (χ4v) is 3.05. The summed E-state index contributed by atoms with van der Waals surface area (Å²) in [5.41, 5.74) is 1.95. The van der Waals surface area contributed by atoms with Crippen molar-refractivity contribution < 1.29 is 9.72 Å². The van der Waals surface area contributed by atoms with E-state index in [-0.39, 0.29) is 17.0 Å². The van der Waals surface area contributed by atoms with Crippen LogP contribution >= 0.6 is 0 Å². The lowest BCUT2D eigenvalue weighted by Gasteiger charge is -2.17. The van der Waals surface area contributed by atoms with Gasteiger partial charge in [0.15, 0.2) is 0 Å². The van der Waals surface area contributed by atoms with E-state index in [9.17, 15) is 14.9 Å². The number of rotatable bonds is 6. The predicted molar refractivity (Wildman–Crippen MR) is 97.1 cm³/mol. The molecule has 0 aliphatic heterocycles. The van der Waals surface area contributed by atoms with Crippen LogP contribution in [0.2, 0.25) is 0 Å². The molecule has 0 heterocycles. The van der Waals surface area contributed by atoms with Gasteiger partial charge in [-0.2, -0.15) is 0 Å². The minimum absolute atomic E-state index is 0.00638. The molecule has 1 aliphatic carbocycles. The summed E-state index contributed by atoms with van der Waals surface area (Å²) in [7, 11) is 3.47. The first-order valence-corrected chi connectivity index (χ1v) is 8.22. The van der Waals surface area contributed by atoms with Crippen molar-refractivity contribution in [2.45, 2.75) is 18.3 Å². The van der Waals surface area contributed by atoms with Crippen molar-refractivity contribution >= 4 is 17.3 Å². The number of hydrogen-bond donors (Lipinski definition) is 1. The van der Waals surface area contributed by atoms with Gasteiger partial charge in [-0.05, 0) is 30.5 Å². The molecule has 130 valence electrons. The van der Waals surface area contributed by atoms with Crippen LogP contribution in [0.1, 0.15) is 28.8 Å². The molecule has 1 N–H and O–H groups in total. The minimum Gasteiger partial charge on any atom is -0.372 e. The number of carbonyl (C=O) groups excluding carboxylic acids is 1. The first kappa shape index (κ1) is 17.0. The van der Waals surface area contributed by atoms with E-state index in [0.717, 1.165) is 12.8 Å². The van der Waals surface area contributed by atoms with Crippen LogP contribution in [0.4, 0.5) is 11.4 Å². The van der Waals surface area contributed by atoms with E-state index in [1.807, 2.05) is 18.2 Å². The maximum Gasteiger partial charge on any atom is 0.293 e. The number of carbonyl (C=O) groups is 1. The summed E-state index contributed by atoms with van der Waals surface area (Å²) >= 11 is 0. The van der Waals surface area contributed by atoms with Crippen molar-refractivity contribution in [2.24, 2.45) is 0 Å². The standard InChI is InChI=1S/C19H21N3O3/c1-21(2)16-9-8-14(12-17(16)22(24)25)18(23)20-13-19(10-11-19)15-6-4-3-5-7-15/h3-9,12H,10-11,13H2,1-2H3,(H,20,23). The van der Waals surface area contributed by atoms with E-state index in [1.165, 1.54) is 11.6 Å². The van der Waals surface area contributed by atoms with E-state index in [1.54, 1.807) is 31.1 Å². The highest BCUT2D eigenvalue weighted by Gasteiger charge is 2.44. The van der Waals surface area contributed by atoms with E-state index >= 15 is 0 Å². The second-order valence-electron chi connectivity index (χ2n) is 6.68. The van der Waals surface area contributed by atoms with Gasteiger partial charge in [-0.25, -0.2) is 0 Å². The lowest BCUT2D eigenvalue weighted by molar-refractivity contribution is -0.384. The summed E-state index contributed by atoms with van der Waals surface area (Å²) in [5, 5.41) is 14.2. The smallest absolute Gasteiger partial charge is 0.293 e. The van der Waals surface area contributed by atoms with Gasteiger partial charge in [0, 0.05) is 37.7 Å². The Labute approximate surface area is 146 Å². The summed E-state index contributed by atoms with van der Waals surface area (Å²) in [4.78, 5) is 24.9. The molecular weight excluding hydrogens is 318 g/mol. The number of amides is 1. The van der Waals surface area contributed by atoms with Gasteiger partial charge in [0.1, 0.15) is 5.69 Å². The van der Waals surface area contributed by atoms with Crippen LogP contribution < -0.4 is 10.2 Å². The van der Waals surface area contributed by atoms with E-state index in [2.05, 4.69) is 17.4 Å². The molecule has 6 heteroatoms. The van der Waals surface area contributed by atoms with Crippen LogP contribution in [-0.2, 0) is 5.41 Å². The molecule has 2 aromatic carbocycles. The molecule has 3 rings (SSSR count). The normalized spacial score (nSPS) is 14.6. The fraction of sp³-hybridized carbons (Fsp3) is 0.316. The molecule has 0 saturated heterocycles. The van der Waals surface area contributed by atoms with Crippen LogP contribution in [-0.4, -0.2) is 31.5 Å². The summed E-state index contributed by atoms with van der Waals surface area (Å²) in [5.74, 6) is -0.282. The summed E-state index contributed by atoms with van der Waals surface area (Å²) < 4.78 is 0. The maximum atomic E-state index is 12.5. The molecule has 1 amide bonds. The zero-order valence-corrected chi connectivity index (χ0v) is 14.4. The van der Waals surface area contributed by atoms with Gasteiger partial charge in [0.05, 0.1) is 4.92 Å². The molecule has 1 saturated carbocycles. The van der Waals surface area contributed by atoms with Crippen LogP contribution in [0.25, 0.3) is 0 Å². The molecule has 0 spiro atoms. The second-order valence-corrected chi connectivity index (χ2v) is 6.68. The van der Waals surface area contributed by atoms with Gasteiger partial charge in [0.25, 0.3) is 11.6 Å². The molecule has 0 aromatic heterocycles. The highest BCUT2D eigenvalue weighted by Crippen LogP contribution is 2.47. The number of anilines is 1. The van der Waals surface area contributed by atoms with Crippen molar-refractivity contribution in [2.75, 3.05) is 25.5 Å². The zero-order valence-electron chi connectivity index (χ0n) is 14.4. The van der Waals surface area contributed by atoms with E-state index in [4.69, 9.17) is 0 Å². The number of nitrogens with one attached hydrogen (secondary N) is 1. The Morgan fingerprint density at radius 3 is 2.44 bits per heavy atom. The second kappa shape index (κ2) is 6.55. The average molecular weight is 339 g/mol. The Hall–Kier alpha value is -2.89. The lowest BCUT2D eigenvalue weighted by atomic mass is 9.96. The third kappa shape index (κ3) is 3.47. The fourth-order valence-electron chi connectivity index (χ4n) is 3.05.